The molecule has 0 unspecified atom stereocenters. The first-order valence-corrected chi connectivity index (χ1v) is 10.6. The van der Waals surface area contributed by atoms with E-state index in [2.05, 4.69) is 15.3 Å². The van der Waals surface area contributed by atoms with Crippen LogP contribution in [0.4, 0.5) is 0 Å². The molecule has 9 heteroatoms. The molecule has 0 bridgehead atoms. The van der Waals surface area contributed by atoms with Gasteiger partial charge in [-0.25, -0.2) is 4.79 Å². The molecule has 0 amide bonds. The molecule has 0 spiro atoms. The Balaban J connectivity index is 1.76. The standard InChI is InChI=1S/C22H20N4O4S/c1-3-30-21(28)18(12-14-5-4-6-16(27)11-14)19-13-31-22-24-23-20(26(22)25-19)15-7-9-17(29-2)10-8-15/h4-12,27H,3,13H2,1-2H3/b18-12+. The third-order valence-corrected chi connectivity index (χ3v) is 5.44. The summed E-state index contributed by atoms with van der Waals surface area (Å²) in [5, 5.41) is 23.6. The van der Waals surface area contributed by atoms with E-state index in [1.165, 1.54) is 11.8 Å². The number of aromatic hydroxyl groups is 1. The lowest BCUT2D eigenvalue weighted by molar-refractivity contribution is -0.137. The van der Waals surface area contributed by atoms with Crippen LogP contribution >= 0.6 is 11.8 Å². The van der Waals surface area contributed by atoms with E-state index in [0.29, 0.717) is 33.6 Å². The van der Waals surface area contributed by atoms with Gasteiger partial charge in [0.15, 0.2) is 5.82 Å². The van der Waals surface area contributed by atoms with Gasteiger partial charge in [0.2, 0.25) is 5.16 Å². The molecule has 0 saturated carbocycles. The van der Waals surface area contributed by atoms with Crippen LogP contribution in [0.2, 0.25) is 0 Å². The van der Waals surface area contributed by atoms with E-state index in [-0.39, 0.29) is 12.4 Å². The molecule has 0 aliphatic carbocycles. The second kappa shape index (κ2) is 9.05. The van der Waals surface area contributed by atoms with Crippen LogP contribution in [0, 0.1) is 0 Å². The number of carbonyl (C=O) groups is 1. The Morgan fingerprint density at radius 2 is 2.03 bits per heavy atom. The van der Waals surface area contributed by atoms with Crippen LogP contribution in [0.5, 0.6) is 11.5 Å². The van der Waals surface area contributed by atoms with Crippen molar-refractivity contribution in [3.8, 4) is 22.9 Å². The molecule has 31 heavy (non-hydrogen) atoms. The predicted molar refractivity (Wildman–Crippen MR) is 118 cm³/mol. The maximum Gasteiger partial charge on any atom is 0.340 e. The maximum atomic E-state index is 12.7. The lowest BCUT2D eigenvalue weighted by atomic mass is 10.1. The largest absolute Gasteiger partial charge is 0.508 e. The minimum atomic E-state index is -0.479. The second-order valence-corrected chi connectivity index (χ2v) is 7.50. The summed E-state index contributed by atoms with van der Waals surface area (Å²) in [5.74, 6) is 1.36. The molecule has 1 N–H and O–H groups in total. The quantitative estimate of drug-likeness (QED) is 0.465. The van der Waals surface area contributed by atoms with E-state index < -0.39 is 5.97 Å². The van der Waals surface area contributed by atoms with Crippen molar-refractivity contribution in [1.82, 2.24) is 14.9 Å². The Morgan fingerprint density at radius 3 is 2.74 bits per heavy atom. The third kappa shape index (κ3) is 4.46. The number of hydrogen-bond acceptors (Lipinski definition) is 8. The minimum absolute atomic E-state index is 0.111. The van der Waals surface area contributed by atoms with Crippen molar-refractivity contribution in [3.05, 3.63) is 59.7 Å². The van der Waals surface area contributed by atoms with E-state index in [1.807, 2.05) is 24.3 Å². The number of thioether (sulfide) groups is 1. The second-order valence-electron chi connectivity index (χ2n) is 6.56. The molecular weight excluding hydrogens is 416 g/mol. The lowest BCUT2D eigenvalue weighted by Crippen LogP contribution is -2.21. The first kappa shape index (κ1) is 20.7. The van der Waals surface area contributed by atoms with E-state index in [4.69, 9.17) is 9.47 Å². The SMILES string of the molecule is CCOC(=O)/C(=C/c1cccc(O)c1)C1=Nn2c(nnc2-c2ccc(OC)cc2)SC1. The van der Waals surface area contributed by atoms with Crippen molar-refractivity contribution >= 4 is 29.5 Å². The van der Waals surface area contributed by atoms with Gasteiger partial charge in [-0.3, -0.25) is 0 Å². The zero-order valence-corrected chi connectivity index (χ0v) is 17.8. The zero-order valence-electron chi connectivity index (χ0n) is 17.0. The molecule has 1 aliphatic heterocycles. The molecule has 0 atom stereocenters. The average Bonchev–Trinajstić information content (AvgIpc) is 3.21. The fourth-order valence-corrected chi connectivity index (χ4v) is 3.86. The smallest absolute Gasteiger partial charge is 0.340 e. The number of hydrogen-bond donors (Lipinski definition) is 1. The number of ether oxygens (including phenoxy) is 2. The van der Waals surface area contributed by atoms with Gasteiger partial charge in [-0.1, -0.05) is 23.9 Å². The van der Waals surface area contributed by atoms with Gasteiger partial charge in [0.05, 0.1) is 25.0 Å². The van der Waals surface area contributed by atoms with Crippen LogP contribution in [-0.2, 0) is 9.53 Å². The molecule has 2 heterocycles. The van der Waals surface area contributed by atoms with E-state index in [0.717, 1.165) is 11.3 Å². The Bertz CT molecular complexity index is 1170. The van der Waals surface area contributed by atoms with Crippen molar-refractivity contribution in [2.24, 2.45) is 5.10 Å². The van der Waals surface area contributed by atoms with Gasteiger partial charge >= 0.3 is 5.97 Å². The first-order chi connectivity index (χ1) is 15.1. The lowest BCUT2D eigenvalue weighted by Gasteiger charge is -2.16. The number of carbonyl (C=O) groups excluding carboxylic acids is 1. The number of esters is 1. The van der Waals surface area contributed by atoms with Crippen molar-refractivity contribution in [2.45, 2.75) is 12.1 Å². The summed E-state index contributed by atoms with van der Waals surface area (Å²) in [4.78, 5) is 12.7. The fourth-order valence-electron chi connectivity index (χ4n) is 3.03. The number of nitrogens with zero attached hydrogens (tertiary/aromatic N) is 4. The van der Waals surface area contributed by atoms with Gasteiger partial charge in [0, 0.05) is 11.3 Å². The number of rotatable bonds is 6. The van der Waals surface area contributed by atoms with Gasteiger partial charge in [-0.2, -0.15) is 9.78 Å². The van der Waals surface area contributed by atoms with Crippen LogP contribution in [-0.4, -0.2) is 51.1 Å². The highest BCUT2D eigenvalue weighted by atomic mass is 32.2. The van der Waals surface area contributed by atoms with Crippen LogP contribution in [0.1, 0.15) is 12.5 Å². The maximum absolute atomic E-state index is 12.7. The molecule has 0 fully saturated rings. The normalized spacial score (nSPS) is 13.4. The minimum Gasteiger partial charge on any atom is -0.508 e. The van der Waals surface area contributed by atoms with Crippen LogP contribution in [0.25, 0.3) is 17.5 Å². The monoisotopic (exact) mass is 436 g/mol. The number of fused-ring (bicyclic) bond motifs is 1. The summed E-state index contributed by atoms with van der Waals surface area (Å²) >= 11 is 1.43. The molecule has 2 aromatic carbocycles. The number of phenols is 1. The van der Waals surface area contributed by atoms with Crippen molar-refractivity contribution in [3.63, 3.8) is 0 Å². The average molecular weight is 436 g/mol. The van der Waals surface area contributed by atoms with Crippen molar-refractivity contribution in [2.75, 3.05) is 19.5 Å². The van der Waals surface area contributed by atoms with Gasteiger partial charge < -0.3 is 14.6 Å². The molecule has 1 aliphatic rings. The molecule has 0 saturated heterocycles. The van der Waals surface area contributed by atoms with Gasteiger partial charge in [0.1, 0.15) is 11.5 Å². The van der Waals surface area contributed by atoms with Gasteiger partial charge in [0.25, 0.3) is 0 Å². The van der Waals surface area contributed by atoms with Crippen LogP contribution < -0.4 is 4.74 Å². The highest BCUT2D eigenvalue weighted by Gasteiger charge is 2.25. The fraction of sp³-hybridized carbons (Fsp3) is 0.182. The topological polar surface area (TPSA) is 98.8 Å². The van der Waals surface area contributed by atoms with E-state index >= 15 is 0 Å². The van der Waals surface area contributed by atoms with Crippen LogP contribution in [0.3, 0.4) is 0 Å². The van der Waals surface area contributed by atoms with Gasteiger partial charge in [-0.05, 0) is 55.0 Å². The number of methoxy groups -OCH3 is 1. The Kier molecular flexibility index (Phi) is 6.03. The third-order valence-electron chi connectivity index (χ3n) is 4.51. The summed E-state index contributed by atoms with van der Waals surface area (Å²) in [5.41, 5.74) is 2.34. The molecule has 1 aromatic heterocycles. The summed E-state index contributed by atoms with van der Waals surface area (Å²) in [7, 11) is 1.61. The Hall–Kier alpha value is -3.59. The summed E-state index contributed by atoms with van der Waals surface area (Å²) < 4.78 is 12.1. The number of aromatic nitrogens is 3. The number of phenolic OH excluding ortho intramolecular Hbond substituents is 1. The van der Waals surface area contributed by atoms with Gasteiger partial charge in [-0.15, -0.1) is 10.2 Å². The molecule has 0 radical (unpaired) electrons. The first-order valence-electron chi connectivity index (χ1n) is 9.57. The summed E-state index contributed by atoms with van der Waals surface area (Å²) in [6.07, 6.45) is 1.67. The predicted octanol–water partition coefficient (Wildman–Crippen LogP) is 3.62. The molecule has 4 rings (SSSR count). The van der Waals surface area contributed by atoms with E-state index in [9.17, 15) is 9.90 Å². The van der Waals surface area contributed by atoms with Crippen molar-refractivity contribution in [1.29, 1.82) is 0 Å². The highest BCUT2D eigenvalue weighted by Crippen LogP contribution is 2.30. The molecule has 158 valence electrons. The van der Waals surface area contributed by atoms with E-state index in [1.54, 1.807) is 49.1 Å². The molecule has 8 nitrogen and oxygen atoms in total. The summed E-state index contributed by atoms with van der Waals surface area (Å²) in [6, 6.07) is 14.1. The molecule has 3 aromatic rings. The van der Waals surface area contributed by atoms with Crippen molar-refractivity contribution < 1.29 is 19.4 Å². The Morgan fingerprint density at radius 1 is 1.23 bits per heavy atom. The van der Waals surface area contributed by atoms with Crippen LogP contribution in [0.15, 0.2) is 64.4 Å². The highest BCUT2D eigenvalue weighted by molar-refractivity contribution is 7.99. The Labute approximate surface area is 183 Å². The number of benzene rings is 2. The molecular formula is C22H20N4O4S. The summed E-state index contributed by atoms with van der Waals surface area (Å²) in [6.45, 7) is 1.99. The zero-order chi connectivity index (χ0) is 21.8.